The highest BCUT2D eigenvalue weighted by atomic mass is 35.5. The highest BCUT2D eigenvalue weighted by Crippen LogP contribution is 2.37. The Kier molecular flexibility index (Phi) is 7.31. The zero-order valence-electron chi connectivity index (χ0n) is 17.9. The van der Waals surface area contributed by atoms with Crippen molar-refractivity contribution < 1.29 is 18.7 Å². The minimum absolute atomic E-state index is 0.0845. The molecule has 5 nitrogen and oxygen atoms in total. The quantitative estimate of drug-likeness (QED) is 0.314. The molecule has 1 aliphatic rings. The van der Waals surface area contributed by atoms with E-state index in [1.54, 1.807) is 30.3 Å². The Morgan fingerprint density at radius 1 is 1.18 bits per heavy atom. The first-order valence-electron chi connectivity index (χ1n) is 10.1. The fourth-order valence-corrected chi connectivity index (χ4v) is 4.65. The third-order valence-corrected chi connectivity index (χ3v) is 6.51. The Balaban J connectivity index is 1.39. The van der Waals surface area contributed by atoms with Gasteiger partial charge < -0.3 is 10.1 Å². The maximum Gasteiger partial charge on any atom is 0.270 e. The number of aryl methyl sites for hydroxylation is 1. The van der Waals surface area contributed by atoms with E-state index in [4.69, 9.17) is 28.6 Å². The fraction of sp³-hybridized carbons (Fsp3) is 0.0800. The molecule has 34 heavy (non-hydrogen) atoms. The third-order valence-electron chi connectivity index (χ3n) is 4.92. The van der Waals surface area contributed by atoms with Gasteiger partial charge in [-0.05, 0) is 60.5 Å². The number of amides is 2. The van der Waals surface area contributed by atoms with Crippen LogP contribution in [0.2, 0.25) is 5.02 Å². The summed E-state index contributed by atoms with van der Waals surface area (Å²) in [4.78, 5) is 26.8. The lowest BCUT2D eigenvalue weighted by Crippen LogP contribution is -2.27. The van der Waals surface area contributed by atoms with Crippen LogP contribution in [0.1, 0.15) is 11.1 Å². The van der Waals surface area contributed by atoms with Crippen molar-refractivity contribution in [3.63, 3.8) is 0 Å². The molecule has 0 atom stereocenters. The van der Waals surface area contributed by atoms with Crippen molar-refractivity contribution in [1.29, 1.82) is 0 Å². The van der Waals surface area contributed by atoms with E-state index in [0.717, 1.165) is 28.6 Å². The summed E-state index contributed by atoms with van der Waals surface area (Å²) in [6.07, 6.45) is 1.71. The summed E-state index contributed by atoms with van der Waals surface area (Å²) in [5.41, 5.74) is 2.87. The van der Waals surface area contributed by atoms with E-state index in [1.165, 1.54) is 23.1 Å². The first kappa shape index (κ1) is 23.9. The molecule has 0 spiro atoms. The predicted octanol–water partition coefficient (Wildman–Crippen LogP) is 6.21. The molecule has 4 rings (SSSR count). The summed E-state index contributed by atoms with van der Waals surface area (Å²) >= 11 is 12.3. The van der Waals surface area contributed by atoms with Crippen molar-refractivity contribution in [2.45, 2.75) is 6.92 Å². The molecule has 3 aromatic carbocycles. The third kappa shape index (κ3) is 5.47. The number of benzene rings is 3. The number of hydrogen-bond acceptors (Lipinski definition) is 5. The number of halogens is 2. The second kappa shape index (κ2) is 10.4. The van der Waals surface area contributed by atoms with E-state index in [1.807, 2.05) is 31.2 Å². The molecule has 0 bridgehead atoms. The lowest BCUT2D eigenvalue weighted by Gasteiger charge is -2.14. The van der Waals surface area contributed by atoms with Gasteiger partial charge in [-0.15, -0.1) is 0 Å². The molecule has 1 heterocycles. The van der Waals surface area contributed by atoms with Gasteiger partial charge >= 0.3 is 0 Å². The molecule has 2 amide bonds. The highest BCUT2D eigenvalue weighted by molar-refractivity contribution is 8.27. The van der Waals surface area contributed by atoms with E-state index in [-0.39, 0.29) is 23.4 Å². The second-order valence-electron chi connectivity index (χ2n) is 7.34. The Morgan fingerprint density at radius 2 is 1.91 bits per heavy atom. The number of thiocarbonyl (C=S) groups is 1. The Bertz CT molecular complexity index is 1310. The van der Waals surface area contributed by atoms with Crippen LogP contribution in [-0.2, 0) is 9.59 Å². The van der Waals surface area contributed by atoms with Crippen LogP contribution >= 0.6 is 35.6 Å². The zero-order chi connectivity index (χ0) is 24.2. The topological polar surface area (TPSA) is 58.6 Å². The number of thioether (sulfide) groups is 1. The molecule has 1 fully saturated rings. The number of para-hydroxylation sites is 1. The molecule has 0 unspecified atom stereocenters. The van der Waals surface area contributed by atoms with Gasteiger partial charge in [-0.2, -0.15) is 0 Å². The first-order chi connectivity index (χ1) is 16.3. The lowest BCUT2D eigenvalue weighted by atomic mass is 10.2. The van der Waals surface area contributed by atoms with Crippen LogP contribution in [0.15, 0.2) is 71.6 Å². The van der Waals surface area contributed by atoms with Crippen molar-refractivity contribution in [2.24, 2.45) is 0 Å². The fourth-order valence-electron chi connectivity index (χ4n) is 3.17. The maximum atomic E-state index is 13.5. The average molecular weight is 513 g/mol. The summed E-state index contributed by atoms with van der Waals surface area (Å²) < 4.78 is 19.4. The number of nitrogens with zero attached hydrogens (tertiary/aromatic N) is 1. The second-order valence-corrected chi connectivity index (χ2v) is 9.42. The van der Waals surface area contributed by atoms with Crippen LogP contribution < -0.4 is 15.0 Å². The Morgan fingerprint density at radius 3 is 2.62 bits per heavy atom. The van der Waals surface area contributed by atoms with Gasteiger partial charge in [0, 0.05) is 5.69 Å². The van der Waals surface area contributed by atoms with Gasteiger partial charge in [0.25, 0.3) is 11.8 Å². The molecule has 0 aliphatic carbocycles. The van der Waals surface area contributed by atoms with Gasteiger partial charge in [0.2, 0.25) is 0 Å². The molecule has 1 saturated heterocycles. The lowest BCUT2D eigenvalue weighted by molar-refractivity contribution is -0.118. The summed E-state index contributed by atoms with van der Waals surface area (Å²) in [6, 6.07) is 18.5. The van der Waals surface area contributed by atoms with E-state index in [9.17, 15) is 14.0 Å². The Labute approximate surface area is 210 Å². The molecule has 9 heteroatoms. The number of anilines is 2. The van der Waals surface area contributed by atoms with E-state index in [0.29, 0.717) is 20.7 Å². The molecule has 0 radical (unpaired) electrons. The number of carbonyl (C=O) groups excluding carboxylic acids is 2. The largest absolute Gasteiger partial charge is 0.484 e. The predicted molar refractivity (Wildman–Crippen MR) is 139 cm³/mol. The van der Waals surface area contributed by atoms with Crippen LogP contribution in [0, 0.1) is 12.7 Å². The van der Waals surface area contributed by atoms with Crippen molar-refractivity contribution in [2.75, 3.05) is 16.8 Å². The van der Waals surface area contributed by atoms with Crippen LogP contribution in [0.25, 0.3) is 6.08 Å². The van der Waals surface area contributed by atoms with Crippen molar-refractivity contribution in [3.05, 3.63) is 93.6 Å². The SMILES string of the molecule is Cc1ccccc1NC(=O)COc1ccc(C=C2SC(=S)N(c3ccc(F)c(Cl)c3)C2=O)cc1. The maximum absolute atomic E-state index is 13.5. The molecule has 1 aliphatic heterocycles. The molecule has 1 N–H and O–H groups in total. The van der Waals surface area contributed by atoms with Crippen LogP contribution in [0.4, 0.5) is 15.8 Å². The number of ether oxygens (including phenoxy) is 1. The number of carbonyl (C=O) groups is 2. The van der Waals surface area contributed by atoms with Gasteiger partial charge in [0.05, 0.1) is 15.6 Å². The van der Waals surface area contributed by atoms with Gasteiger partial charge in [-0.1, -0.05) is 65.9 Å². The standard InChI is InChI=1S/C25H18ClFN2O3S2/c1-15-4-2-3-5-21(15)28-23(30)14-32-18-9-6-16(7-10-18)12-22-24(31)29(25(33)34-22)17-8-11-20(27)19(26)13-17/h2-13H,14H2,1H3,(H,28,30). The summed E-state index contributed by atoms with van der Waals surface area (Å²) in [5, 5.41) is 2.73. The van der Waals surface area contributed by atoms with Crippen LogP contribution in [0.5, 0.6) is 5.75 Å². The summed E-state index contributed by atoms with van der Waals surface area (Å²) in [7, 11) is 0. The van der Waals surface area contributed by atoms with Crippen molar-refractivity contribution in [3.8, 4) is 5.75 Å². The van der Waals surface area contributed by atoms with Gasteiger partial charge in [-0.3, -0.25) is 14.5 Å². The molecule has 3 aromatic rings. The summed E-state index contributed by atoms with van der Waals surface area (Å²) in [6.45, 7) is 1.78. The minimum Gasteiger partial charge on any atom is -0.484 e. The normalized spacial score (nSPS) is 14.6. The summed E-state index contributed by atoms with van der Waals surface area (Å²) in [5.74, 6) is -0.624. The number of nitrogens with one attached hydrogen (secondary N) is 1. The van der Waals surface area contributed by atoms with Crippen molar-refractivity contribution >= 4 is 69.2 Å². The van der Waals surface area contributed by atoms with Gasteiger partial charge in [0.1, 0.15) is 11.6 Å². The molecule has 172 valence electrons. The average Bonchev–Trinajstić information content (AvgIpc) is 3.09. The van der Waals surface area contributed by atoms with Crippen molar-refractivity contribution in [1.82, 2.24) is 0 Å². The van der Waals surface area contributed by atoms with Gasteiger partial charge in [0.15, 0.2) is 10.9 Å². The number of rotatable bonds is 6. The number of hydrogen-bond donors (Lipinski definition) is 1. The smallest absolute Gasteiger partial charge is 0.270 e. The first-order valence-corrected chi connectivity index (χ1v) is 11.7. The minimum atomic E-state index is -0.568. The monoisotopic (exact) mass is 512 g/mol. The highest BCUT2D eigenvalue weighted by Gasteiger charge is 2.33. The van der Waals surface area contributed by atoms with E-state index in [2.05, 4.69) is 5.32 Å². The van der Waals surface area contributed by atoms with E-state index < -0.39 is 5.82 Å². The van der Waals surface area contributed by atoms with Crippen LogP contribution in [0.3, 0.4) is 0 Å². The van der Waals surface area contributed by atoms with Crippen LogP contribution in [-0.4, -0.2) is 22.7 Å². The van der Waals surface area contributed by atoms with Gasteiger partial charge in [-0.25, -0.2) is 4.39 Å². The molecule has 0 saturated carbocycles. The molecule has 0 aromatic heterocycles. The zero-order valence-corrected chi connectivity index (χ0v) is 20.3. The Hall–Kier alpha value is -3.20. The molecular formula is C25H18ClFN2O3S2. The van der Waals surface area contributed by atoms with E-state index >= 15 is 0 Å². The molecular weight excluding hydrogens is 495 g/mol.